The van der Waals surface area contributed by atoms with Crippen LogP contribution in [0.1, 0.15) is 40.5 Å². The van der Waals surface area contributed by atoms with Crippen molar-refractivity contribution in [2.45, 2.75) is 19.8 Å². The van der Waals surface area contributed by atoms with Crippen molar-refractivity contribution in [2.24, 2.45) is 0 Å². The summed E-state index contributed by atoms with van der Waals surface area (Å²) >= 11 is 0. The van der Waals surface area contributed by atoms with Gasteiger partial charge in [-0.05, 0) is 42.8 Å². The third-order valence-corrected chi connectivity index (χ3v) is 4.82. The number of nitrogens with one attached hydrogen (secondary N) is 2. The highest BCUT2D eigenvalue weighted by Gasteiger charge is 2.29. The molecule has 0 spiro atoms. The third-order valence-electron chi connectivity index (χ3n) is 4.82. The Morgan fingerprint density at radius 2 is 1.80 bits per heavy atom. The molecule has 158 valence electrons. The fourth-order valence-electron chi connectivity index (χ4n) is 3.22. The monoisotopic (exact) mass is 411 g/mol. The van der Waals surface area contributed by atoms with E-state index in [0.717, 1.165) is 12.8 Å². The van der Waals surface area contributed by atoms with Gasteiger partial charge in [-0.25, -0.2) is 0 Å². The molecule has 8 nitrogen and oxygen atoms in total. The van der Waals surface area contributed by atoms with Crippen molar-refractivity contribution in [1.82, 2.24) is 5.32 Å². The summed E-state index contributed by atoms with van der Waals surface area (Å²) in [5, 5.41) is 5.59. The molecule has 0 aromatic heterocycles. The van der Waals surface area contributed by atoms with Gasteiger partial charge in [-0.2, -0.15) is 0 Å². The summed E-state index contributed by atoms with van der Waals surface area (Å²) in [6, 6.07) is 9.73. The van der Waals surface area contributed by atoms with E-state index >= 15 is 0 Å². The molecule has 3 rings (SSSR count). The number of anilines is 2. The van der Waals surface area contributed by atoms with Gasteiger partial charge in [0.1, 0.15) is 6.54 Å². The lowest BCUT2D eigenvalue weighted by atomic mass is 10.1. The minimum Gasteiger partial charge on any atom is -0.493 e. The zero-order chi connectivity index (χ0) is 21.7. The number of hydrogen-bond donors (Lipinski definition) is 2. The van der Waals surface area contributed by atoms with Gasteiger partial charge in [0.15, 0.2) is 11.5 Å². The molecule has 2 N–H and O–H groups in total. The van der Waals surface area contributed by atoms with Crippen molar-refractivity contribution >= 4 is 29.1 Å². The van der Waals surface area contributed by atoms with E-state index in [1.165, 1.54) is 19.1 Å². The lowest BCUT2D eigenvalue weighted by Crippen LogP contribution is -2.42. The van der Waals surface area contributed by atoms with Gasteiger partial charge in [-0.1, -0.05) is 13.3 Å². The van der Waals surface area contributed by atoms with E-state index in [9.17, 15) is 14.4 Å². The van der Waals surface area contributed by atoms with Gasteiger partial charge in [-0.15, -0.1) is 0 Å². The number of unbranched alkanes of at least 4 members (excludes halogenated alkanes) is 1. The normalized spacial score (nSPS) is 12.6. The molecule has 0 saturated carbocycles. The second-order valence-electron chi connectivity index (χ2n) is 6.85. The van der Waals surface area contributed by atoms with Crippen LogP contribution in [0.15, 0.2) is 36.4 Å². The largest absolute Gasteiger partial charge is 0.493 e. The van der Waals surface area contributed by atoms with Crippen molar-refractivity contribution < 1.29 is 23.9 Å². The lowest BCUT2D eigenvalue weighted by Gasteiger charge is -2.29. The number of fused-ring (bicyclic) bond motifs is 1. The minimum atomic E-state index is -0.354. The van der Waals surface area contributed by atoms with Crippen LogP contribution in [-0.4, -0.2) is 45.0 Å². The topological polar surface area (TPSA) is 97.0 Å². The number of hydrogen-bond acceptors (Lipinski definition) is 5. The van der Waals surface area contributed by atoms with Crippen molar-refractivity contribution in [2.75, 3.05) is 37.5 Å². The van der Waals surface area contributed by atoms with Crippen LogP contribution in [0.4, 0.5) is 11.4 Å². The van der Waals surface area contributed by atoms with E-state index in [1.54, 1.807) is 36.4 Å². The van der Waals surface area contributed by atoms with Crippen molar-refractivity contribution in [1.29, 1.82) is 0 Å². The first kappa shape index (κ1) is 21.2. The highest BCUT2D eigenvalue weighted by atomic mass is 16.5. The zero-order valence-corrected chi connectivity index (χ0v) is 17.3. The second-order valence-corrected chi connectivity index (χ2v) is 6.85. The van der Waals surface area contributed by atoms with Gasteiger partial charge in [-0.3, -0.25) is 19.3 Å². The van der Waals surface area contributed by atoms with Crippen molar-refractivity contribution in [3.63, 3.8) is 0 Å². The highest BCUT2D eigenvalue weighted by Crippen LogP contribution is 2.33. The number of benzene rings is 2. The zero-order valence-electron chi connectivity index (χ0n) is 17.3. The molecule has 8 heteroatoms. The summed E-state index contributed by atoms with van der Waals surface area (Å²) in [7, 11) is 3.00. The van der Waals surface area contributed by atoms with Crippen molar-refractivity contribution in [3.05, 3.63) is 47.5 Å². The molecule has 30 heavy (non-hydrogen) atoms. The number of ether oxygens (including phenoxy) is 2. The van der Waals surface area contributed by atoms with Gasteiger partial charge in [0.25, 0.3) is 11.8 Å². The Bertz CT molecular complexity index is 973. The third kappa shape index (κ3) is 4.37. The molecule has 0 bridgehead atoms. The van der Waals surface area contributed by atoms with E-state index in [-0.39, 0.29) is 24.3 Å². The van der Waals surface area contributed by atoms with Crippen LogP contribution in [0.2, 0.25) is 0 Å². The molecule has 2 aromatic carbocycles. The summed E-state index contributed by atoms with van der Waals surface area (Å²) in [5.74, 6) is 0.0182. The Kier molecular flexibility index (Phi) is 6.56. The first-order valence-corrected chi connectivity index (χ1v) is 9.74. The quantitative estimate of drug-likeness (QED) is 0.683. The van der Waals surface area contributed by atoms with E-state index < -0.39 is 0 Å². The number of carbonyl (C=O) groups excluding carboxylic acids is 3. The molecule has 0 unspecified atom stereocenters. The van der Waals surface area contributed by atoms with Crippen LogP contribution in [0.25, 0.3) is 0 Å². The van der Waals surface area contributed by atoms with Crippen molar-refractivity contribution in [3.8, 4) is 11.5 Å². The summed E-state index contributed by atoms with van der Waals surface area (Å²) in [5.41, 5.74) is 1.72. The Balaban J connectivity index is 1.89. The Morgan fingerprint density at radius 1 is 1.07 bits per heavy atom. The summed E-state index contributed by atoms with van der Waals surface area (Å²) in [4.78, 5) is 39.1. The molecule has 2 aromatic rings. The first-order valence-electron chi connectivity index (χ1n) is 9.74. The summed E-state index contributed by atoms with van der Waals surface area (Å²) in [6.45, 7) is 2.51. The molecule has 1 aliphatic heterocycles. The number of amides is 3. The fraction of sp³-hybridized carbons (Fsp3) is 0.318. The second kappa shape index (κ2) is 9.30. The standard InChI is InChI=1S/C22H25N3O5/c1-4-5-10-23-21(27)14-6-8-17-16(11-14)24-20(26)13-25(17)22(28)15-7-9-18(29-2)19(12-15)30-3/h6-9,11-12H,4-5,10,13H2,1-3H3,(H,23,27)(H,24,26). The molecule has 0 atom stereocenters. The summed E-state index contributed by atoms with van der Waals surface area (Å²) in [6.07, 6.45) is 1.87. The van der Waals surface area contributed by atoms with E-state index in [4.69, 9.17) is 9.47 Å². The Labute approximate surface area is 175 Å². The van der Waals surface area contributed by atoms with Gasteiger partial charge < -0.3 is 20.1 Å². The van der Waals surface area contributed by atoms with Crippen LogP contribution in [0.5, 0.6) is 11.5 Å². The van der Waals surface area contributed by atoms with Gasteiger partial charge >= 0.3 is 0 Å². The maximum Gasteiger partial charge on any atom is 0.258 e. The maximum atomic E-state index is 13.1. The van der Waals surface area contributed by atoms with E-state index in [2.05, 4.69) is 10.6 Å². The summed E-state index contributed by atoms with van der Waals surface area (Å²) < 4.78 is 10.5. The molecule has 0 radical (unpaired) electrons. The molecular formula is C22H25N3O5. The van der Waals surface area contributed by atoms with E-state index in [1.807, 2.05) is 6.92 Å². The van der Waals surface area contributed by atoms with Gasteiger partial charge in [0.05, 0.1) is 25.6 Å². The molecule has 0 aliphatic carbocycles. The number of nitrogens with zero attached hydrogens (tertiary/aromatic N) is 1. The number of rotatable bonds is 7. The Hall–Kier alpha value is -3.55. The fourth-order valence-corrected chi connectivity index (χ4v) is 3.22. The smallest absolute Gasteiger partial charge is 0.258 e. The maximum absolute atomic E-state index is 13.1. The number of methoxy groups -OCH3 is 2. The number of carbonyl (C=O) groups is 3. The predicted molar refractivity (Wildman–Crippen MR) is 114 cm³/mol. The first-order chi connectivity index (χ1) is 14.5. The van der Waals surface area contributed by atoms with Gasteiger partial charge in [0, 0.05) is 17.7 Å². The molecule has 3 amide bonds. The molecule has 1 heterocycles. The molecule has 1 aliphatic rings. The van der Waals surface area contributed by atoms with Crippen LogP contribution < -0.4 is 25.0 Å². The lowest BCUT2D eigenvalue weighted by molar-refractivity contribution is -0.115. The van der Waals surface area contributed by atoms with Crippen LogP contribution in [-0.2, 0) is 4.79 Å². The average molecular weight is 411 g/mol. The minimum absolute atomic E-state index is 0.123. The predicted octanol–water partition coefficient (Wildman–Crippen LogP) is 2.83. The van der Waals surface area contributed by atoms with Crippen LogP contribution >= 0.6 is 0 Å². The molecule has 0 saturated heterocycles. The highest BCUT2D eigenvalue weighted by molar-refractivity contribution is 6.16. The molecular weight excluding hydrogens is 386 g/mol. The van der Waals surface area contributed by atoms with Crippen LogP contribution in [0, 0.1) is 0 Å². The SMILES string of the molecule is CCCCNC(=O)c1ccc2c(c1)NC(=O)CN2C(=O)c1ccc(OC)c(OC)c1. The van der Waals surface area contributed by atoms with Crippen LogP contribution in [0.3, 0.4) is 0 Å². The Morgan fingerprint density at radius 3 is 2.50 bits per heavy atom. The molecule has 0 fully saturated rings. The van der Waals surface area contributed by atoms with E-state index in [0.29, 0.717) is 40.5 Å². The van der Waals surface area contributed by atoms with Gasteiger partial charge in [0.2, 0.25) is 5.91 Å². The average Bonchev–Trinajstić information content (AvgIpc) is 2.77.